The van der Waals surface area contributed by atoms with Crippen LogP contribution in [0.15, 0.2) is 88.8 Å². The van der Waals surface area contributed by atoms with Gasteiger partial charge in [-0.3, -0.25) is 9.78 Å². The van der Waals surface area contributed by atoms with E-state index in [1.54, 1.807) is 42.6 Å². The lowest BCUT2D eigenvalue weighted by atomic mass is 10.1. The predicted octanol–water partition coefficient (Wildman–Crippen LogP) is 4.47. The Labute approximate surface area is 188 Å². The fourth-order valence-corrected chi connectivity index (χ4v) is 3.03. The number of aromatic amines is 1. The Kier molecular flexibility index (Phi) is 6.52. The molecule has 0 spiro atoms. The highest BCUT2D eigenvalue weighted by Crippen LogP contribution is 2.19. The fourth-order valence-electron chi connectivity index (χ4n) is 3.03. The number of hydrazone groups is 1. The summed E-state index contributed by atoms with van der Waals surface area (Å²) in [5.41, 5.74) is 4.73. The van der Waals surface area contributed by atoms with Gasteiger partial charge in [0.1, 0.15) is 29.8 Å². The van der Waals surface area contributed by atoms with Gasteiger partial charge in [0.15, 0.2) is 0 Å². The summed E-state index contributed by atoms with van der Waals surface area (Å²) < 4.78 is 18.8. The Bertz CT molecular complexity index is 1380. The van der Waals surface area contributed by atoms with Gasteiger partial charge in [-0.15, -0.1) is 0 Å². The first-order valence-electron chi connectivity index (χ1n) is 9.98. The molecule has 4 rings (SSSR count). The van der Waals surface area contributed by atoms with Gasteiger partial charge in [-0.1, -0.05) is 60.7 Å². The van der Waals surface area contributed by atoms with Gasteiger partial charge in [-0.2, -0.15) is 10.4 Å². The number of anilines is 1. The lowest BCUT2D eigenvalue weighted by Gasteiger charge is -2.07. The van der Waals surface area contributed by atoms with E-state index in [0.717, 1.165) is 11.1 Å². The average Bonchev–Trinajstić information content (AvgIpc) is 2.84. The van der Waals surface area contributed by atoms with E-state index in [4.69, 9.17) is 4.74 Å². The predicted molar refractivity (Wildman–Crippen MR) is 123 cm³/mol. The molecule has 0 atom stereocenters. The van der Waals surface area contributed by atoms with Crippen molar-refractivity contribution in [2.45, 2.75) is 6.61 Å². The minimum absolute atomic E-state index is 0.0632. The highest BCUT2D eigenvalue weighted by Gasteiger charge is 2.12. The summed E-state index contributed by atoms with van der Waals surface area (Å²) in [6.45, 7) is 0.303. The van der Waals surface area contributed by atoms with Gasteiger partial charge in [0.2, 0.25) is 5.95 Å². The van der Waals surface area contributed by atoms with E-state index in [0.29, 0.717) is 17.9 Å². The van der Waals surface area contributed by atoms with Crippen molar-refractivity contribution in [3.63, 3.8) is 0 Å². The van der Waals surface area contributed by atoms with Gasteiger partial charge < -0.3 is 4.74 Å². The van der Waals surface area contributed by atoms with Crippen LogP contribution in [0.5, 0.6) is 5.75 Å². The average molecular weight is 439 g/mol. The lowest BCUT2D eigenvalue weighted by Crippen LogP contribution is -2.16. The van der Waals surface area contributed by atoms with Crippen LogP contribution < -0.4 is 15.7 Å². The third-order valence-corrected chi connectivity index (χ3v) is 4.64. The van der Waals surface area contributed by atoms with Crippen LogP contribution in [0.25, 0.3) is 11.3 Å². The maximum atomic E-state index is 13.2. The maximum Gasteiger partial charge on any atom is 0.270 e. The molecule has 8 heteroatoms. The summed E-state index contributed by atoms with van der Waals surface area (Å²) in [7, 11) is 0. The van der Waals surface area contributed by atoms with E-state index < -0.39 is 5.56 Å². The van der Waals surface area contributed by atoms with Gasteiger partial charge in [0.25, 0.3) is 5.56 Å². The number of ether oxygens (including phenoxy) is 1. The van der Waals surface area contributed by atoms with Crippen LogP contribution in [0, 0.1) is 17.1 Å². The summed E-state index contributed by atoms with van der Waals surface area (Å²) in [6, 6.07) is 24.3. The Morgan fingerprint density at radius 3 is 2.61 bits per heavy atom. The van der Waals surface area contributed by atoms with Crippen LogP contribution >= 0.6 is 0 Å². The van der Waals surface area contributed by atoms with Crippen molar-refractivity contribution in [1.29, 1.82) is 5.26 Å². The lowest BCUT2D eigenvalue weighted by molar-refractivity contribution is 0.304. The van der Waals surface area contributed by atoms with Crippen LogP contribution in [0.4, 0.5) is 10.3 Å². The van der Waals surface area contributed by atoms with Crippen molar-refractivity contribution in [2.75, 3.05) is 5.43 Å². The highest BCUT2D eigenvalue weighted by atomic mass is 19.1. The number of nitriles is 1. The van der Waals surface area contributed by atoms with Crippen molar-refractivity contribution in [2.24, 2.45) is 5.10 Å². The molecule has 2 N–H and O–H groups in total. The van der Waals surface area contributed by atoms with Gasteiger partial charge in [-0.25, -0.2) is 14.8 Å². The molecule has 0 aliphatic carbocycles. The Hall–Kier alpha value is -4.77. The summed E-state index contributed by atoms with van der Waals surface area (Å²) in [5, 5.41) is 13.4. The van der Waals surface area contributed by atoms with Gasteiger partial charge in [0.05, 0.1) is 11.9 Å². The normalized spacial score (nSPS) is 10.7. The van der Waals surface area contributed by atoms with E-state index in [-0.39, 0.29) is 23.0 Å². The molecule has 0 unspecified atom stereocenters. The zero-order valence-electron chi connectivity index (χ0n) is 17.3. The van der Waals surface area contributed by atoms with Crippen LogP contribution in [-0.2, 0) is 6.61 Å². The van der Waals surface area contributed by atoms with Gasteiger partial charge in [-0.05, 0) is 23.3 Å². The SMILES string of the molecule is N#Cc1c(-c2ccccc2)nc(NN=Cc2ccc(COc3cccc(F)c3)cc2)[nH]c1=O. The molecule has 162 valence electrons. The number of benzene rings is 3. The molecule has 4 aromatic rings. The minimum atomic E-state index is -0.549. The second-order valence-electron chi connectivity index (χ2n) is 6.97. The van der Waals surface area contributed by atoms with E-state index in [9.17, 15) is 14.4 Å². The molecule has 0 bridgehead atoms. The first-order valence-corrected chi connectivity index (χ1v) is 9.98. The van der Waals surface area contributed by atoms with Crippen molar-refractivity contribution in [3.05, 3.63) is 112 Å². The molecule has 0 saturated carbocycles. The zero-order valence-corrected chi connectivity index (χ0v) is 17.3. The van der Waals surface area contributed by atoms with E-state index in [1.807, 2.05) is 36.4 Å². The number of halogens is 1. The molecule has 0 radical (unpaired) electrons. The molecule has 0 saturated heterocycles. The van der Waals surface area contributed by atoms with Crippen LogP contribution in [0.1, 0.15) is 16.7 Å². The van der Waals surface area contributed by atoms with Crippen LogP contribution in [-0.4, -0.2) is 16.2 Å². The number of H-pyrrole nitrogens is 1. The molecule has 1 aromatic heterocycles. The number of nitrogens with zero attached hydrogens (tertiary/aromatic N) is 3. The largest absolute Gasteiger partial charge is 0.489 e. The summed E-state index contributed by atoms with van der Waals surface area (Å²) in [5.74, 6) is 0.235. The van der Waals surface area contributed by atoms with Crippen LogP contribution in [0.3, 0.4) is 0 Å². The number of hydrogen-bond acceptors (Lipinski definition) is 6. The second kappa shape index (κ2) is 10.0. The van der Waals surface area contributed by atoms with E-state index in [2.05, 4.69) is 20.5 Å². The fraction of sp³-hybridized carbons (Fsp3) is 0.0400. The van der Waals surface area contributed by atoms with Gasteiger partial charge in [0, 0.05) is 11.6 Å². The first-order chi connectivity index (χ1) is 16.1. The summed E-state index contributed by atoms with van der Waals surface area (Å²) in [4.78, 5) is 19.1. The third-order valence-electron chi connectivity index (χ3n) is 4.64. The Balaban J connectivity index is 1.42. The molecular weight excluding hydrogens is 421 g/mol. The number of aromatic nitrogens is 2. The molecule has 33 heavy (non-hydrogen) atoms. The Morgan fingerprint density at radius 1 is 1.09 bits per heavy atom. The molecule has 0 aliphatic rings. The molecule has 3 aromatic carbocycles. The number of nitrogens with one attached hydrogen (secondary N) is 2. The quantitative estimate of drug-likeness (QED) is 0.327. The van der Waals surface area contributed by atoms with Crippen molar-refractivity contribution in [1.82, 2.24) is 9.97 Å². The van der Waals surface area contributed by atoms with Crippen molar-refractivity contribution >= 4 is 12.2 Å². The molecule has 0 aliphatic heterocycles. The van der Waals surface area contributed by atoms with Crippen LogP contribution in [0.2, 0.25) is 0 Å². The monoisotopic (exact) mass is 439 g/mol. The zero-order chi connectivity index (χ0) is 23.0. The Morgan fingerprint density at radius 2 is 1.88 bits per heavy atom. The van der Waals surface area contributed by atoms with Crippen molar-refractivity contribution in [3.8, 4) is 23.1 Å². The van der Waals surface area contributed by atoms with Crippen molar-refractivity contribution < 1.29 is 9.13 Å². The second-order valence-corrected chi connectivity index (χ2v) is 6.97. The molecule has 1 heterocycles. The summed E-state index contributed by atoms with van der Waals surface area (Å²) >= 11 is 0. The standard InChI is InChI=1S/C25H18FN5O2/c26-20-7-4-8-21(13-20)33-16-18-11-9-17(10-12-18)15-28-31-25-29-23(19-5-2-1-3-6-19)22(14-27)24(32)30-25/h1-13,15H,16H2,(H2,29,30,31,32). The topological polar surface area (TPSA) is 103 Å². The first kappa shape index (κ1) is 21.5. The number of rotatable bonds is 7. The minimum Gasteiger partial charge on any atom is -0.489 e. The van der Waals surface area contributed by atoms with E-state index >= 15 is 0 Å². The molecule has 0 amide bonds. The summed E-state index contributed by atoms with van der Waals surface area (Å²) in [6.07, 6.45) is 1.57. The third kappa shape index (κ3) is 5.48. The smallest absolute Gasteiger partial charge is 0.270 e. The molecular formula is C25H18FN5O2. The highest BCUT2D eigenvalue weighted by molar-refractivity contribution is 5.80. The molecule has 0 fully saturated rings. The molecule has 7 nitrogen and oxygen atoms in total. The van der Waals surface area contributed by atoms with E-state index in [1.165, 1.54) is 12.1 Å². The number of hydrogen-bond donors (Lipinski definition) is 2. The maximum absolute atomic E-state index is 13.2. The van der Waals surface area contributed by atoms with Gasteiger partial charge >= 0.3 is 0 Å².